The van der Waals surface area contributed by atoms with Gasteiger partial charge in [-0.25, -0.2) is 9.97 Å². The Kier molecular flexibility index (Phi) is 5.64. The Morgan fingerprint density at radius 2 is 1.76 bits per heavy atom. The van der Waals surface area contributed by atoms with Gasteiger partial charge in [-0.2, -0.15) is 0 Å². The highest BCUT2D eigenvalue weighted by Crippen LogP contribution is 2.23. The number of amides is 1. The molecule has 1 amide bonds. The van der Waals surface area contributed by atoms with Crippen LogP contribution < -0.4 is 10.2 Å². The molecule has 1 aromatic carbocycles. The molecule has 0 radical (unpaired) electrons. The van der Waals surface area contributed by atoms with Crippen molar-refractivity contribution < 1.29 is 4.79 Å². The topological polar surface area (TPSA) is 58.1 Å². The molecule has 25 heavy (non-hydrogen) atoms. The summed E-state index contributed by atoms with van der Waals surface area (Å²) in [5, 5.41) is 3.08. The normalized spacial score (nSPS) is 14.4. The maximum atomic E-state index is 12.8. The number of aryl methyl sites for hydroxylation is 2. The predicted molar refractivity (Wildman–Crippen MR) is 101 cm³/mol. The lowest BCUT2D eigenvalue weighted by molar-refractivity contribution is 0.102. The van der Waals surface area contributed by atoms with Crippen LogP contribution >= 0.6 is 0 Å². The number of piperidine rings is 1. The Hall–Kier alpha value is -2.43. The van der Waals surface area contributed by atoms with Crippen LogP contribution in [0, 0.1) is 0 Å². The van der Waals surface area contributed by atoms with E-state index >= 15 is 0 Å². The molecular formula is C20H26N4O. The van der Waals surface area contributed by atoms with Crippen LogP contribution in [-0.2, 0) is 12.8 Å². The Morgan fingerprint density at radius 1 is 1.08 bits per heavy atom. The third-order valence-corrected chi connectivity index (χ3v) is 4.75. The Bertz CT molecular complexity index is 716. The predicted octanol–water partition coefficient (Wildman–Crippen LogP) is 3.84. The number of carbonyl (C=O) groups excluding carboxylic acids is 1. The highest BCUT2D eigenvalue weighted by Gasteiger charge is 2.17. The van der Waals surface area contributed by atoms with E-state index in [1.807, 2.05) is 6.07 Å². The number of hydrogen-bond donors (Lipinski definition) is 1. The van der Waals surface area contributed by atoms with Crippen LogP contribution in [0.4, 0.5) is 11.6 Å². The van der Waals surface area contributed by atoms with E-state index in [1.54, 1.807) is 12.3 Å². The zero-order valence-electron chi connectivity index (χ0n) is 15.1. The first-order valence-corrected chi connectivity index (χ1v) is 9.23. The number of nitrogens with one attached hydrogen (secondary N) is 1. The summed E-state index contributed by atoms with van der Waals surface area (Å²) in [7, 11) is 0. The van der Waals surface area contributed by atoms with Crippen LogP contribution in [0.15, 0.2) is 30.5 Å². The number of nitrogens with zero attached hydrogens (tertiary/aromatic N) is 3. The van der Waals surface area contributed by atoms with Gasteiger partial charge in [-0.05, 0) is 49.3 Å². The molecule has 2 aromatic rings. The minimum Gasteiger partial charge on any atom is -0.341 e. The third-order valence-electron chi connectivity index (χ3n) is 4.75. The van der Waals surface area contributed by atoms with Gasteiger partial charge in [0.2, 0.25) is 5.95 Å². The van der Waals surface area contributed by atoms with E-state index in [-0.39, 0.29) is 5.91 Å². The molecule has 1 N–H and O–H groups in total. The Labute approximate surface area is 149 Å². The van der Waals surface area contributed by atoms with Gasteiger partial charge in [-0.3, -0.25) is 4.79 Å². The summed E-state index contributed by atoms with van der Waals surface area (Å²) in [6.07, 6.45) is 7.01. The van der Waals surface area contributed by atoms with E-state index in [0.717, 1.165) is 55.6 Å². The molecule has 5 nitrogen and oxygen atoms in total. The van der Waals surface area contributed by atoms with Crippen LogP contribution in [-0.4, -0.2) is 29.0 Å². The van der Waals surface area contributed by atoms with E-state index in [0.29, 0.717) is 11.6 Å². The number of carbonyl (C=O) groups is 1. The minimum atomic E-state index is -0.170. The number of benzene rings is 1. The second-order valence-electron chi connectivity index (χ2n) is 6.40. The van der Waals surface area contributed by atoms with Gasteiger partial charge in [0.25, 0.3) is 5.91 Å². The van der Waals surface area contributed by atoms with E-state index in [9.17, 15) is 4.79 Å². The molecule has 0 atom stereocenters. The molecule has 0 saturated carbocycles. The van der Waals surface area contributed by atoms with Gasteiger partial charge in [0, 0.05) is 25.0 Å². The fraction of sp³-hybridized carbons (Fsp3) is 0.450. The first kappa shape index (κ1) is 17.4. The molecule has 1 aromatic heterocycles. The van der Waals surface area contributed by atoms with Crippen molar-refractivity contribution in [2.45, 2.75) is 46.0 Å². The zero-order chi connectivity index (χ0) is 17.6. The number of aromatic nitrogens is 2. The molecule has 132 valence electrons. The molecule has 1 aliphatic heterocycles. The lowest BCUT2D eigenvalue weighted by Gasteiger charge is -2.26. The summed E-state index contributed by atoms with van der Waals surface area (Å²) >= 11 is 0. The summed E-state index contributed by atoms with van der Waals surface area (Å²) in [6, 6.07) is 7.86. The van der Waals surface area contributed by atoms with E-state index in [1.165, 1.54) is 6.42 Å². The van der Waals surface area contributed by atoms with Crippen LogP contribution in [0.5, 0.6) is 0 Å². The number of anilines is 2. The minimum absolute atomic E-state index is 0.170. The van der Waals surface area contributed by atoms with E-state index in [2.05, 4.69) is 46.2 Å². The SMILES string of the molecule is CCc1cccc(CC)c1NC(=O)c1ccnc(N2CCCCC2)n1. The van der Waals surface area contributed by atoms with Gasteiger partial charge < -0.3 is 10.2 Å². The first-order chi connectivity index (χ1) is 12.2. The summed E-state index contributed by atoms with van der Waals surface area (Å²) in [5.74, 6) is 0.489. The van der Waals surface area contributed by atoms with Crippen LogP contribution in [0.3, 0.4) is 0 Å². The highest BCUT2D eigenvalue weighted by molar-refractivity contribution is 6.03. The van der Waals surface area contributed by atoms with Crippen molar-refractivity contribution in [1.82, 2.24) is 9.97 Å². The van der Waals surface area contributed by atoms with Crippen molar-refractivity contribution in [3.63, 3.8) is 0 Å². The smallest absolute Gasteiger partial charge is 0.274 e. The van der Waals surface area contributed by atoms with Gasteiger partial charge in [-0.15, -0.1) is 0 Å². The second-order valence-corrected chi connectivity index (χ2v) is 6.40. The van der Waals surface area contributed by atoms with E-state index < -0.39 is 0 Å². The average molecular weight is 338 g/mol. The van der Waals surface area contributed by atoms with Crippen molar-refractivity contribution in [3.05, 3.63) is 47.3 Å². The van der Waals surface area contributed by atoms with Crippen LogP contribution in [0.25, 0.3) is 0 Å². The van der Waals surface area contributed by atoms with Crippen LogP contribution in [0.1, 0.15) is 54.7 Å². The second kappa shape index (κ2) is 8.10. The number of para-hydroxylation sites is 1. The van der Waals surface area contributed by atoms with Crippen molar-refractivity contribution in [2.75, 3.05) is 23.3 Å². The van der Waals surface area contributed by atoms with Gasteiger partial charge in [0.05, 0.1) is 0 Å². The zero-order valence-corrected chi connectivity index (χ0v) is 15.1. The maximum absolute atomic E-state index is 12.8. The highest BCUT2D eigenvalue weighted by atomic mass is 16.1. The van der Waals surface area contributed by atoms with E-state index in [4.69, 9.17) is 0 Å². The molecular weight excluding hydrogens is 312 g/mol. The van der Waals surface area contributed by atoms with Gasteiger partial charge in [-0.1, -0.05) is 32.0 Å². The molecule has 1 saturated heterocycles. The van der Waals surface area contributed by atoms with Gasteiger partial charge >= 0.3 is 0 Å². The monoisotopic (exact) mass is 338 g/mol. The van der Waals surface area contributed by atoms with Crippen molar-refractivity contribution in [3.8, 4) is 0 Å². The van der Waals surface area contributed by atoms with Crippen molar-refractivity contribution >= 4 is 17.5 Å². The molecule has 1 fully saturated rings. The lowest BCUT2D eigenvalue weighted by Crippen LogP contribution is -2.31. The Morgan fingerprint density at radius 3 is 2.40 bits per heavy atom. The molecule has 2 heterocycles. The molecule has 3 rings (SSSR count). The van der Waals surface area contributed by atoms with Crippen molar-refractivity contribution in [1.29, 1.82) is 0 Å². The molecule has 0 spiro atoms. The van der Waals surface area contributed by atoms with Gasteiger partial charge in [0.1, 0.15) is 5.69 Å². The third kappa shape index (κ3) is 3.98. The van der Waals surface area contributed by atoms with Gasteiger partial charge in [0.15, 0.2) is 0 Å². The number of rotatable bonds is 5. The average Bonchev–Trinajstić information content (AvgIpc) is 2.69. The first-order valence-electron chi connectivity index (χ1n) is 9.23. The maximum Gasteiger partial charge on any atom is 0.274 e. The summed E-state index contributed by atoms with van der Waals surface area (Å²) in [5.41, 5.74) is 3.65. The quantitative estimate of drug-likeness (QED) is 0.900. The molecule has 0 aliphatic carbocycles. The van der Waals surface area contributed by atoms with Crippen LogP contribution in [0.2, 0.25) is 0 Å². The fourth-order valence-electron chi connectivity index (χ4n) is 3.30. The summed E-state index contributed by atoms with van der Waals surface area (Å²) in [4.78, 5) is 23.8. The summed E-state index contributed by atoms with van der Waals surface area (Å²) in [6.45, 7) is 6.13. The lowest BCUT2D eigenvalue weighted by atomic mass is 10.0. The molecule has 0 bridgehead atoms. The van der Waals surface area contributed by atoms with Crippen molar-refractivity contribution in [2.24, 2.45) is 0 Å². The molecule has 5 heteroatoms. The Balaban J connectivity index is 1.82. The molecule has 1 aliphatic rings. The molecule has 0 unspecified atom stereocenters. The largest absolute Gasteiger partial charge is 0.341 e. The standard InChI is InChI=1S/C20H26N4O/c1-3-15-9-8-10-16(4-2)18(15)23-19(25)17-11-12-21-20(22-17)24-13-6-5-7-14-24/h8-12H,3-7,13-14H2,1-2H3,(H,23,25). The summed E-state index contributed by atoms with van der Waals surface area (Å²) < 4.78 is 0. The number of hydrogen-bond acceptors (Lipinski definition) is 4. The fourth-order valence-corrected chi connectivity index (χ4v) is 3.30.